The minimum absolute atomic E-state index is 0.214. The molecule has 0 radical (unpaired) electrons. The van der Waals surface area contributed by atoms with Gasteiger partial charge in [-0.3, -0.25) is 0 Å². The van der Waals surface area contributed by atoms with Crippen LogP contribution in [0.5, 0.6) is 0 Å². The molecule has 0 saturated heterocycles. The Hall–Kier alpha value is -2.59. The van der Waals surface area contributed by atoms with Crippen LogP contribution in [0.3, 0.4) is 0 Å². The third-order valence-corrected chi connectivity index (χ3v) is 4.02. The molecule has 5 heteroatoms. The lowest BCUT2D eigenvalue weighted by atomic mass is 10.1. The number of hydrogen-bond donors (Lipinski definition) is 2. The number of pyridine rings is 1. The molecular formula is C16H9ClN2O2. The molecule has 0 saturated carbocycles. The van der Waals surface area contributed by atoms with Gasteiger partial charge in [0.05, 0.1) is 32.7 Å². The van der Waals surface area contributed by atoms with Crippen LogP contribution in [0.15, 0.2) is 42.5 Å². The van der Waals surface area contributed by atoms with E-state index in [9.17, 15) is 9.90 Å². The van der Waals surface area contributed by atoms with Gasteiger partial charge in [-0.15, -0.1) is 0 Å². The molecule has 0 aliphatic heterocycles. The molecule has 21 heavy (non-hydrogen) atoms. The van der Waals surface area contributed by atoms with Crippen molar-refractivity contribution in [1.29, 1.82) is 0 Å². The Labute approximate surface area is 124 Å². The van der Waals surface area contributed by atoms with E-state index in [4.69, 9.17) is 11.6 Å². The van der Waals surface area contributed by atoms with E-state index in [1.165, 1.54) is 0 Å². The Morgan fingerprint density at radius 3 is 2.62 bits per heavy atom. The van der Waals surface area contributed by atoms with Gasteiger partial charge in [0, 0.05) is 10.8 Å². The normalized spacial score (nSPS) is 11.5. The maximum absolute atomic E-state index is 11.3. The molecule has 4 rings (SSSR count). The molecule has 4 aromatic rings. The second kappa shape index (κ2) is 4.20. The number of para-hydroxylation sites is 2. The van der Waals surface area contributed by atoms with Crippen molar-refractivity contribution < 1.29 is 9.90 Å². The zero-order valence-corrected chi connectivity index (χ0v) is 11.5. The predicted octanol–water partition coefficient (Wildman–Crippen LogP) is 4.22. The van der Waals surface area contributed by atoms with Crippen molar-refractivity contribution in [2.45, 2.75) is 0 Å². The number of H-pyrrole nitrogens is 1. The Kier molecular flexibility index (Phi) is 2.43. The van der Waals surface area contributed by atoms with E-state index in [0.717, 1.165) is 16.3 Å². The number of nitrogens with one attached hydrogen (secondary N) is 1. The van der Waals surface area contributed by atoms with Gasteiger partial charge in [0.15, 0.2) is 0 Å². The van der Waals surface area contributed by atoms with E-state index >= 15 is 0 Å². The summed E-state index contributed by atoms with van der Waals surface area (Å²) >= 11 is 6.46. The molecule has 102 valence electrons. The largest absolute Gasteiger partial charge is 0.478 e. The van der Waals surface area contributed by atoms with E-state index in [1.54, 1.807) is 12.1 Å². The highest BCUT2D eigenvalue weighted by molar-refractivity contribution is 6.41. The number of aromatic carboxylic acids is 1. The van der Waals surface area contributed by atoms with Crippen LogP contribution in [-0.4, -0.2) is 21.0 Å². The zero-order chi connectivity index (χ0) is 14.6. The van der Waals surface area contributed by atoms with Crippen LogP contribution < -0.4 is 0 Å². The van der Waals surface area contributed by atoms with Gasteiger partial charge in [0.25, 0.3) is 0 Å². The second-order valence-electron chi connectivity index (χ2n) is 4.82. The van der Waals surface area contributed by atoms with Gasteiger partial charge < -0.3 is 10.1 Å². The standard InChI is InChI=1S/C16H9ClN2O2/c17-12-8-4-1-2-7-11(8)18-14-9-5-3-6-10(16(20)21)13(9)19-15(12)14/h1-7,19H,(H,20,21). The molecule has 2 heterocycles. The van der Waals surface area contributed by atoms with Gasteiger partial charge in [-0.05, 0) is 12.1 Å². The third-order valence-electron chi connectivity index (χ3n) is 3.63. The quantitative estimate of drug-likeness (QED) is 0.552. The number of benzene rings is 2. The number of carbonyl (C=O) groups is 1. The smallest absolute Gasteiger partial charge is 0.337 e. The van der Waals surface area contributed by atoms with Crippen molar-refractivity contribution in [2.24, 2.45) is 0 Å². The van der Waals surface area contributed by atoms with Crippen LogP contribution >= 0.6 is 11.6 Å². The number of halogens is 1. The highest BCUT2D eigenvalue weighted by Gasteiger charge is 2.16. The molecule has 0 atom stereocenters. The average Bonchev–Trinajstić information content (AvgIpc) is 2.86. The fourth-order valence-electron chi connectivity index (χ4n) is 2.67. The van der Waals surface area contributed by atoms with Crippen LogP contribution in [0.25, 0.3) is 32.8 Å². The fourth-order valence-corrected chi connectivity index (χ4v) is 2.96. The molecule has 2 aromatic carbocycles. The van der Waals surface area contributed by atoms with Gasteiger partial charge in [0.2, 0.25) is 0 Å². The minimum atomic E-state index is -0.979. The van der Waals surface area contributed by atoms with E-state index < -0.39 is 5.97 Å². The van der Waals surface area contributed by atoms with Crippen LogP contribution in [-0.2, 0) is 0 Å². The van der Waals surface area contributed by atoms with Gasteiger partial charge >= 0.3 is 5.97 Å². The lowest BCUT2D eigenvalue weighted by molar-refractivity contribution is 0.0699. The van der Waals surface area contributed by atoms with Crippen molar-refractivity contribution in [3.8, 4) is 0 Å². The summed E-state index contributed by atoms with van der Waals surface area (Å²) in [6.45, 7) is 0. The Morgan fingerprint density at radius 1 is 1.05 bits per heavy atom. The summed E-state index contributed by atoms with van der Waals surface area (Å²) in [6.07, 6.45) is 0. The first-order chi connectivity index (χ1) is 10.2. The SMILES string of the molecule is O=C(O)c1cccc2c1[nH]c1c(Cl)c3ccccc3nc12. The number of fused-ring (bicyclic) bond motifs is 4. The Bertz CT molecular complexity index is 1040. The van der Waals surface area contributed by atoms with Crippen molar-refractivity contribution in [2.75, 3.05) is 0 Å². The number of carboxylic acids is 1. The van der Waals surface area contributed by atoms with Crippen molar-refractivity contribution >= 4 is 50.4 Å². The molecular weight excluding hydrogens is 288 g/mol. The Morgan fingerprint density at radius 2 is 1.81 bits per heavy atom. The number of aromatic amines is 1. The summed E-state index contributed by atoms with van der Waals surface area (Å²) in [5.74, 6) is -0.979. The van der Waals surface area contributed by atoms with E-state index in [2.05, 4.69) is 9.97 Å². The molecule has 2 aromatic heterocycles. The monoisotopic (exact) mass is 296 g/mol. The number of rotatable bonds is 1. The Balaban J connectivity index is 2.27. The molecule has 2 N–H and O–H groups in total. The summed E-state index contributed by atoms with van der Waals surface area (Å²) in [5.41, 5.74) is 2.91. The summed E-state index contributed by atoms with van der Waals surface area (Å²) in [4.78, 5) is 19.1. The first-order valence-corrected chi connectivity index (χ1v) is 6.76. The lowest BCUT2D eigenvalue weighted by Crippen LogP contribution is -1.96. The predicted molar refractivity (Wildman–Crippen MR) is 83.1 cm³/mol. The lowest BCUT2D eigenvalue weighted by Gasteiger charge is -2.01. The topological polar surface area (TPSA) is 66.0 Å². The van der Waals surface area contributed by atoms with Gasteiger partial charge in [0.1, 0.15) is 0 Å². The molecule has 0 fully saturated rings. The molecule has 4 nitrogen and oxygen atoms in total. The minimum Gasteiger partial charge on any atom is -0.478 e. The van der Waals surface area contributed by atoms with Crippen molar-refractivity contribution in [3.63, 3.8) is 0 Å². The van der Waals surface area contributed by atoms with E-state index in [1.807, 2.05) is 30.3 Å². The van der Waals surface area contributed by atoms with Crippen LogP contribution in [0, 0.1) is 0 Å². The van der Waals surface area contributed by atoms with Crippen LogP contribution in [0.2, 0.25) is 5.02 Å². The van der Waals surface area contributed by atoms with Gasteiger partial charge in [-0.25, -0.2) is 9.78 Å². The summed E-state index contributed by atoms with van der Waals surface area (Å²) < 4.78 is 0. The maximum atomic E-state index is 11.3. The van der Waals surface area contributed by atoms with Gasteiger partial charge in [-0.1, -0.05) is 41.9 Å². The number of aromatic nitrogens is 2. The second-order valence-corrected chi connectivity index (χ2v) is 5.20. The first-order valence-electron chi connectivity index (χ1n) is 6.39. The number of hydrogen-bond acceptors (Lipinski definition) is 2. The molecule has 0 aliphatic rings. The zero-order valence-electron chi connectivity index (χ0n) is 10.7. The third kappa shape index (κ3) is 1.63. The van der Waals surface area contributed by atoms with E-state index in [0.29, 0.717) is 21.6 Å². The number of carboxylic acid groups (broad SMARTS) is 1. The van der Waals surface area contributed by atoms with Crippen molar-refractivity contribution in [3.05, 3.63) is 53.1 Å². The number of nitrogens with zero attached hydrogens (tertiary/aromatic N) is 1. The molecule has 0 unspecified atom stereocenters. The van der Waals surface area contributed by atoms with Crippen LogP contribution in [0.1, 0.15) is 10.4 Å². The molecule has 0 aliphatic carbocycles. The fraction of sp³-hybridized carbons (Fsp3) is 0. The van der Waals surface area contributed by atoms with Gasteiger partial charge in [-0.2, -0.15) is 0 Å². The maximum Gasteiger partial charge on any atom is 0.337 e. The summed E-state index contributed by atoms with van der Waals surface area (Å²) in [5, 5.41) is 11.5. The highest BCUT2D eigenvalue weighted by atomic mass is 35.5. The molecule has 0 amide bonds. The van der Waals surface area contributed by atoms with Crippen LogP contribution in [0.4, 0.5) is 0 Å². The average molecular weight is 297 g/mol. The molecule has 0 bridgehead atoms. The van der Waals surface area contributed by atoms with Crippen molar-refractivity contribution in [1.82, 2.24) is 9.97 Å². The summed E-state index contributed by atoms with van der Waals surface area (Å²) in [6, 6.07) is 12.7. The first kappa shape index (κ1) is 12.2. The summed E-state index contributed by atoms with van der Waals surface area (Å²) in [7, 11) is 0. The molecule has 0 spiro atoms. The van der Waals surface area contributed by atoms with E-state index in [-0.39, 0.29) is 5.56 Å². The highest BCUT2D eigenvalue weighted by Crippen LogP contribution is 2.34.